The topological polar surface area (TPSA) is 57.6 Å². The Kier molecular flexibility index (Phi) is 6.42. The van der Waals surface area contributed by atoms with Gasteiger partial charge in [-0.1, -0.05) is 73.3 Å². The minimum absolute atomic E-state index is 0.0751. The van der Waals surface area contributed by atoms with E-state index >= 15 is 0 Å². The number of aliphatic hydroxyl groups excluding tert-OH is 1. The van der Waals surface area contributed by atoms with Crippen LogP contribution < -0.4 is 0 Å². The summed E-state index contributed by atoms with van der Waals surface area (Å²) in [6.45, 7) is 2.53. The summed E-state index contributed by atoms with van der Waals surface area (Å²) in [5.41, 5.74) is 1.20. The van der Waals surface area contributed by atoms with Gasteiger partial charge in [-0.05, 0) is 30.2 Å². The molecule has 146 valence electrons. The molecule has 1 amide bonds. The average molecular weight is 418 g/mol. The molecule has 1 fully saturated rings. The van der Waals surface area contributed by atoms with E-state index in [1.54, 1.807) is 17.0 Å². The lowest BCUT2D eigenvalue weighted by molar-refractivity contribution is -0.139. The van der Waals surface area contributed by atoms with E-state index in [9.17, 15) is 14.7 Å². The van der Waals surface area contributed by atoms with Crippen LogP contribution in [-0.2, 0) is 9.59 Å². The molecule has 0 spiro atoms. The lowest BCUT2D eigenvalue weighted by Gasteiger charge is -2.25. The van der Waals surface area contributed by atoms with Crippen molar-refractivity contribution in [1.29, 1.82) is 0 Å². The quantitative estimate of drug-likeness (QED) is 0.287. The van der Waals surface area contributed by atoms with Crippen molar-refractivity contribution in [3.05, 3.63) is 75.3 Å². The SMILES string of the molecule is CCCCCN1C(=O)C(=O)/C(=C(\O)c2ccc(Cl)c(Cl)c2)C1c1ccccc1. The molecule has 28 heavy (non-hydrogen) atoms. The Morgan fingerprint density at radius 1 is 1.04 bits per heavy atom. The van der Waals surface area contributed by atoms with Gasteiger partial charge in [0.25, 0.3) is 11.7 Å². The normalized spacial score (nSPS) is 18.7. The first kappa shape index (κ1) is 20.4. The Labute approximate surface area is 174 Å². The molecular formula is C22H21Cl2NO3. The van der Waals surface area contributed by atoms with Crippen molar-refractivity contribution in [2.45, 2.75) is 32.2 Å². The summed E-state index contributed by atoms with van der Waals surface area (Å²) < 4.78 is 0. The van der Waals surface area contributed by atoms with E-state index in [1.165, 1.54) is 6.07 Å². The van der Waals surface area contributed by atoms with Gasteiger partial charge >= 0.3 is 0 Å². The predicted octanol–water partition coefficient (Wildman–Crippen LogP) is 5.61. The molecule has 1 N–H and O–H groups in total. The van der Waals surface area contributed by atoms with Crippen LogP contribution in [0.2, 0.25) is 10.0 Å². The van der Waals surface area contributed by atoms with Gasteiger partial charge in [0.15, 0.2) is 0 Å². The zero-order valence-electron chi connectivity index (χ0n) is 15.5. The van der Waals surface area contributed by atoms with Crippen molar-refractivity contribution in [3.63, 3.8) is 0 Å². The third kappa shape index (κ3) is 3.94. The van der Waals surface area contributed by atoms with Crippen molar-refractivity contribution in [1.82, 2.24) is 4.90 Å². The van der Waals surface area contributed by atoms with E-state index < -0.39 is 17.7 Å². The van der Waals surface area contributed by atoms with Crippen molar-refractivity contribution < 1.29 is 14.7 Å². The van der Waals surface area contributed by atoms with Crippen LogP contribution in [0.15, 0.2) is 54.1 Å². The molecule has 1 aliphatic rings. The molecule has 1 heterocycles. The number of hydrogen-bond acceptors (Lipinski definition) is 3. The maximum Gasteiger partial charge on any atom is 0.295 e. The number of benzene rings is 2. The second kappa shape index (κ2) is 8.80. The van der Waals surface area contributed by atoms with Crippen molar-refractivity contribution >= 4 is 40.7 Å². The molecule has 3 rings (SSSR count). The molecule has 1 saturated heterocycles. The van der Waals surface area contributed by atoms with Crippen LogP contribution in [0.25, 0.3) is 5.76 Å². The second-order valence-electron chi connectivity index (χ2n) is 6.74. The minimum Gasteiger partial charge on any atom is -0.507 e. The first-order chi connectivity index (χ1) is 13.5. The first-order valence-corrected chi connectivity index (χ1v) is 10.00. The van der Waals surface area contributed by atoms with Crippen molar-refractivity contribution in [2.24, 2.45) is 0 Å². The van der Waals surface area contributed by atoms with Gasteiger partial charge in [-0.3, -0.25) is 9.59 Å². The number of carbonyl (C=O) groups is 2. The smallest absolute Gasteiger partial charge is 0.295 e. The lowest BCUT2D eigenvalue weighted by atomic mass is 9.95. The molecule has 4 nitrogen and oxygen atoms in total. The summed E-state index contributed by atoms with van der Waals surface area (Å²) in [6.07, 6.45) is 2.75. The molecule has 2 aromatic carbocycles. The second-order valence-corrected chi connectivity index (χ2v) is 7.55. The molecule has 1 atom stereocenters. The molecular weight excluding hydrogens is 397 g/mol. The summed E-state index contributed by atoms with van der Waals surface area (Å²) in [7, 11) is 0. The largest absolute Gasteiger partial charge is 0.507 e. The molecule has 2 aromatic rings. The van der Waals surface area contributed by atoms with Gasteiger partial charge in [-0.2, -0.15) is 0 Å². The summed E-state index contributed by atoms with van der Waals surface area (Å²) >= 11 is 12.0. The van der Waals surface area contributed by atoms with Gasteiger partial charge in [0.1, 0.15) is 5.76 Å². The van der Waals surface area contributed by atoms with Crippen molar-refractivity contribution in [2.75, 3.05) is 6.54 Å². The monoisotopic (exact) mass is 417 g/mol. The van der Waals surface area contributed by atoms with Crippen LogP contribution in [0.4, 0.5) is 0 Å². The molecule has 1 unspecified atom stereocenters. The van der Waals surface area contributed by atoms with Crippen LogP contribution in [0.5, 0.6) is 0 Å². The van der Waals surface area contributed by atoms with E-state index in [0.29, 0.717) is 17.1 Å². The third-order valence-corrected chi connectivity index (χ3v) is 5.59. The first-order valence-electron chi connectivity index (χ1n) is 9.24. The number of hydrogen-bond donors (Lipinski definition) is 1. The van der Waals surface area contributed by atoms with Gasteiger partial charge in [-0.15, -0.1) is 0 Å². The van der Waals surface area contributed by atoms with Gasteiger partial charge in [0.2, 0.25) is 0 Å². The zero-order valence-corrected chi connectivity index (χ0v) is 17.0. The third-order valence-electron chi connectivity index (χ3n) is 4.85. The van der Waals surface area contributed by atoms with Crippen LogP contribution in [0.1, 0.15) is 43.4 Å². The molecule has 6 heteroatoms. The number of halogens is 2. The van der Waals surface area contributed by atoms with Gasteiger partial charge in [0.05, 0.1) is 21.7 Å². The fraction of sp³-hybridized carbons (Fsp3) is 0.273. The summed E-state index contributed by atoms with van der Waals surface area (Å²) in [5, 5.41) is 11.5. The van der Waals surface area contributed by atoms with Crippen LogP contribution in [-0.4, -0.2) is 28.2 Å². The van der Waals surface area contributed by atoms with E-state index in [4.69, 9.17) is 23.2 Å². The maximum atomic E-state index is 12.8. The number of unbranched alkanes of at least 4 members (excludes halogenated alkanes) is 2. The minimum atomic E-state index is -0.686. The highest BCUT2D eigenvalue weighted by Gasteiger charge is 2.45. The number of amides is 1. The Bertz CT molecular complexity index is 925. The number of nitrogens with zero attached hydrogens (tertiary/aromatic N) is 1. The van der Waals surface area contributed by atoms with E-state index in [-0.39, 0.29) is 16.4 Å². The molecule has 0 saturated carbocycles. The lowest BCUT2D eigenvalue weighted by Crippen LogP contribution is -2.30. The molecule has 0 aromatic heterocycles. The fourth-order valence-electron chi connectivity index (χ4n) is 3.42. The van der Waals surface area contributed by atoms with Gasteiger partial charge in [-0.25, -0.2) is 0 Å². The van der Waals surface area contributed by atoms with E-state index in [0.717, 1.165) is 24.8 Å². The highest BCUT2D eigenvalue weighted by molar-refractivity contribution is 6.46. The number of carbonyl (C=O) groups excluding carboxylic acids is 2. The number of rotatable bonds is 6. The number of Topliss-reactive ketones (excluding diaryl/α,β-unsaturated/α-hetero) is 1. The number of aliphatic hydroxyl groups is 1. The molecule has 0 aliphatic carbocycles. The van der Waals surface area contributed by atoms with E-state index in [1.807, 2.05) is 30.3 Å². The van der Waals surface area contributed by atoms with Crippen LogP contribution >= 0.6 is 23.2 Å². The fourth-order valence-corrected chi connectivity index (χ4v) is 3.72. The maximum absolute atomic E-state index is 12.8. The predicted molar refractivity (Wildman–Crippen MR) is 111 cm³/mol. The standard InChI is InChI=1S/C22H21Cl2NO3/c1-2-3-7-12-25-19(14-8-5-4-6-9-14)18(21(27)22(25)28)20(26)15-10-11-16(23)17(24)13-15/h4-6,8-11,13,19,26H,2-3,7,12H2,1H3/b20-18-. The Hall–Kier alpha value is -2.30. The number of ketones is 1. The van der Waals surface area contributed by atoms with Gasteiger partial charge in [0, 0.05) is 12.1 Å². The Balaban J connectivity index is 2.12. The van der Waals surface area contributed by atoms with Gasteiger partial charge < -0.3 is 10.0 Å². The Morgan fingerprint density at radius 2 is 1.75 bits per heavy atom. The molecule has 1 aliphatic heterocycles. The van der Waals surface area contributed by atoms with Crippen molar-refractivity contribution in [3.8, 4) is 0 Å². The average Bonchev–Trinajstić information content (AvgIpc) is 2.95. The van der Waals surface area contributed by atoms with Crippen LogP contribution in [0.3, 0.4) is 0 Å². The van der Waals surface area contributed by atoms with Crippen LogP contribution in [0, 0.1) is 0 Å². The van der Waals surface area contributed by atoms with E-state index in [2.05, 4.69) is 6.92 Å². The highest BCUT2D eigenvalue weighted by atomic mass is 35.5. The zero-order chi connectivity index (χ0) is 20.3. The molecule has 0 radical (unpaired) electrons. The Morgan fingerprint density at radius 3 is 2.39 bits per heavy atom. The molecule has 0 bridgehead atoms. The number of likely N-dealkylation sites (tertiary alicyclic amines) is 1. The highest BCUT2D eigenvalue weighted by Crippen LogP contribution is 2.40. The summed E-state index contributed by atoms with van der Waals surface area (Å²) in [6, 6.07) is 13.3. The summed E-state index contributed by atoms with van der Waals surface area (Å²) in [5.74, 6) is -1.52. The summed E-state index contributed by atoms with van der Waals surface area (Å²) in [4.78, 5) is 27.1.